The van der Waals surface area contributed by atoms with Crippen LogP contribution >= 0.6 is 0 Å². The van der Waals surface area contributed by atoms with E-state index in [9.17, 15) is 18.5 Å². The van der Waals surface area contributed by atoms with E-state index < -0.39 is 14.8 Å². The molecule has 0 aromatic heterocycles. The zero-order chi connectivity index (χ0) is 15.5. The molecule has 1 saturated heterocycles. The van der Waals surface area contributed by atoms with E-state index in [0.717, 1.165) is 0 Å². The van der Waals surface area contributed by atoms with Gasteiger partial charge in [0.2, 0.25) is 0 Å². The van der Waals surface area contributed by atoms with Gasteiger partial charge in [0.05, 0.1) is 16.4 Å². The highest BCUT2D eigenvalue weighted by Crippen LogP contribution is 2.34. The largest absolute Gasteiger partial charge is 0.380 e. The Morgan fingerprint density at radius 3 is 2.48 bits per heavy atom. The number of hydrogen-bond acceptors (Lipinski definition) is 6. The number of nitro groups is 1. The molecule has 0 amide bonds. The van der Waals surface area contributed by atoms with Gasteiger partial charge in [-0.15, -0.1) is 0 Å². The van der Waals surface area contributed by atoms with Crippen molar-refractivity contribution in [3.8, 4) is 0 Å². The molecule has 1 aromatic carbocycles. The summed E-state index contributed by atoms with van der Waals surface area (Å²) in [6.45, 7) is 2.46. The standard InChI is InChI=1S/C13H19N3O4S/c1-2-14-11-4-3-5-12(13(11)16(17)18)15-10-6-8-21(19,20)9-7-10/h3-5,10,14-15H,2,6-9H2,1H3. The fourth-order valence-corrected chi connectivity index (χ4v) is 3.94. The molecule has 7 nitrogen and oxygen atoms in total. The fourth-order valence-electron chi connectivity index (χ4n) is 2.44. The highest BCUT2D eigenvalue weighted by atomic mass is 32.2. The summed E-state index contributed by atoms with van der Waals surface area (Å²) in [5.41, 5.74) is 0.909. The van der Waals surface area contributed by atoms with Crippen molar-refractivity contribution in [2.75, 3.05) is 28.7 Å². The molecule has 0 aliphatic carbocycles. The summed E-state index contributed by atoms with van der Waals surface area (Å²) in [5, 5.41) is 17.4. The van der Waals surface area contributed by atoms with E-state index in [2.05, 4.69) is 10.6 Å². The quantitative estimate of drug-likeness (QED) is 0.637. The first-order valence-electron chi connectivity index (χ1n) is 6.91. The Morgan fingerprint density at radius 1 is 1.29 bits per heavy atom. The van der Waals surface area contributed by atoms with Gasteiger partial charge < -0.3 is 10.6 Å². The molecule has 1 aliphatic rings. The first kappa shape index (κ1) is 15.6. The maximum absolute atomic E-state index is 11.4. The van der Waals surface area contributed by atoms with Crippen LogP contribution in [0.2, 0.25) is 0 Å². The van der Waals surface area contributed by atoms with Crippen LogP contribution in [0.3, 0.4) is 0 Å². The van der Waals surface area contributed by atoms with Crippen LogP contribution < -0.4 is 10.6 Å². The summed E-state index contributed by atoms with van der Waals surface area (Å²) in [5.74, 6) is 0.261. The second-order valence-corrected chi connectivity index (χ2v) is 7.36. The van der Waals surface area contributed by atoms with Gasteiger partial charge in [-0.3, -0.25) is 10.1 Å². The van der Waals surface area contributed by atoms with Crippen LogP contribution in [0.25, 0.3) is 0 Å². The highest BCUT2D eigenvalue weighted by molar-refractivity contribution is 7.91. The molecular formula is C13H19N3O4S. The van der Waals surface area contributed by atoms with E-state index in [1.807, 2.05) is 6.92 Å². The monoisotopic (exact) mass is 313 g/mol. The van der Waals surface area contributed by atoms with Crippen LogP contribution in [0.4, 0.5) is 17.1 Å². The van der Waals surface area contributed by atoms with Crippen molar-refractivity contribution >= 4 is 26.9 Å². The Labute approximate surface area is 123 Å². The van der Waals surface area contributed by atoms with Gasteiger partial charge in [0.1, 0.15) is 21.2 Å². The summed E-state index contributed by atoms with van der Waals surface area (Å²) in [6.07, 6.45) is 0.954. The molecule has 0 unspecified atom stereocenters. The van der Waals surface area contributed by atoms with E-state index in [1.165, 1.54) is 0 Å². The van der Waals surface area contributed by atoms with Gasteiger partial charge in [-0.05, 0) is 31.9 Å². The molecule has 0 spiro atoms. The van der Waals surface area contributed by atoms with E-state index in [-0.39, 0.29) is 23.2 Å². The SMILES string of the molecule is CCNc1cccc(NC2CCS(=O)(=O)CC2)c1[N+](=O)[O-]. The number of nitrogens with zero attached hydrogens (tertiary/aromatic N) is 1. The second kappa shape index (κ2) is 6.30. The van der Waals surface area contributed by atoms with Gasteiger partial charge >= 0.3 is 5.69 Å². The normalized spacial score (nSPS) is 18.1. The lowest BCUT2D eigenvalue weighted by molar-refractivity contribution is -0.383. The third-order valence-corrected chi connectivity index (χ3v) is 5.22. The van der Waals surface area contributed by atoms with Crippen LogP contribution in [0.5, 0.6) is 0 Å². The minimum absolute atomic E-state index is 0.00720. The molecule has 1 heterocycles. The van der Waals surface area contributed by atoms with Crippen molar-refractivity contribution in [2.45, 2.75) is 25.8 Å². The van der Waals surface area contributed by atoms with Crippen molar-refractivity contribution in [2.24, 2.45) is 0 Å². The lowest BCUT2D eigenvalue weighted by atomic mass is 10.1. The molecule has 0 bridgehead atoms. The maximum Gasteiger partial charge on any atom is 0.315 e. The molecule has 1 aliphatic heterocycles. The predicted octanol–water partition coefficient (Wildman–Crippen LogP) is 2.02. The van der Waals surface area contributed by atoms with Gasteiger partial charge in [0.15, 0.2) is 0 Å². The zero-order valence-electron chi connectivity index (χ0n) is 11.8. The molecule has 2 N–H and O–H groups in total. The lowest BCUT2D eigenvalue weighted by Crippen LogP contribution is -2.32. The van der Waals surface area contributed by atoms with Crippen LogP contribution in [0, 0.1) is 10.1 Å². The second-order valence-electron chi connectivity index (χ2n) is 5.06. The number of hydrogen-bond donors (Lipinski definition) is 2. The summed E-state index contributed by atoms with van der Waals surface area (Å²) in [6, 6.07) is 5.01. The number of anilines is 2. The molecule has 21 heavy (non-hydrogen) atoms. The smallest absolute Gasteiger partial charge is 0.315 e. The average Bonchev–Trinajstić information content (AvgIpc) is 2.41. The number of rotatable bonds is 5. The Balaban J connectivity index is 2.20. The Kier molecular flexibility index (Phi) is 4.66. The van der Waals surface area contributed by atoms with E-state index >= 15 is 0 Å². The summed E-state index contributed by atoms with van der Waals surface area (Å²) >= 11 is 0. The summed E-state index contributed by atoms with van der Waals surface area (Å²) in [7, 11) is -2.94. The van der Waals surface area contributed by atoms with Gasteiger partial charge in [0, 0.05) is 12.6 Å². The predicted molar refractivity (Wildman–Crippen MR) is 82.6 cm³/mol. The third-order valence-electron chi connectivity index (χ3n) is 3.50. The maximum atomic E-state index is 11.4. The highest BCUT2D eigenvalue weighted by Gasteiger charge is 2.26. The molecule has 8 heteroatoms. The van der Waals surface area contributed by atoms with Crippen LogP contribution in [-0.4, -0.2) is 37.4 Å². The molecule has 0 radical (unpaired) electrons. The first-order valence-corrected chi connectivity index (χ1v) is 8.73. The Hall–Kier alpha value is -1.83. The number of nitro benzene ring substituents is 1. The van der Waals surface area contributed by atoms with Gasteiger partial charge in [0.25, 0.3) is 0 Å². The van der Waals surface area contributed by atoms with Gasteiger partial charge in [-0.25, -0.2) is 8.42 Å². The van der Waals surface area contributed by atoms with Crippen molar-refractivity contribution in [1.29, 1.82) is 0 Å². The number of sulfone groups is 1. The number of nitrogens with one attached hydrogen (secondary N) is 2. The Morgan fingerprint density at radius 2 is 1.90 bits per heavy atom. The molecular weight excluding hydrogens is 294 g/mol. The Bertz CT molecular complexity index is 616. The average molecular weight is 313 g/mol. The van der Waals surface area contributed by atoms with Crippen molar-refractivity contribution < 1.29 is 13.3 Å². The molecule has 116 valence electrons. The minimum Gasteiger partial charge on any atom is -0.380 e. The molecule has 0 saturated carbocycles. The molecule has 0 atom stereocenters. The number of para-hydroxylation sites is 1. The zero-order valence-corrected chi connectivity index (χ0v) is 12.6. The van der Waals surface area contributed by atoms with Crippen molar-refractivity contribution in [3.05, 3.63) is 28.3 Å². The number of benzene rings is 1. The first-order chi connectivity index (χ1) is 9.93. The topological polar surface area (TPSA) is 101 Å². The van der Waals surface area contributed by atoms with Crippen LogP contribution in [0.15, 0.2) is 18.2 Å². The van der Waals surface area contributed by atoms with Gasteiger partial charge in [-0.2, -0.15) is 0 Å². The van der Waals surface area contributed by atoms with Crippen LogP contribution in [-0.2, 0) is 9.84 Å². The molecule has 1 fully saturated rings. The fraction of sp³-hybridized carbons (Fsp3) is 0.538. The van der Waals surface area contributed by atoms with Gasteiger partial charge in [-0.1, -0.05) is 6.07 Å². The van der Waals surface area contributed by atoms with E-state index in [4.69, 9.17) is 0 Å². The summed E-state index contributed by atoms with van der Waals surface area (Å²) < 4.78 is 22.8. The van der Waals surface area contributed by atoms with Crippen molar-refractivity contribution in [1.82, 2.24) is 0 Å². The van der Waals surface area contributed by atoms with Crippen LogP contribution in [0.1, 0.15) is 19.8 Å². The lowest BCUT2D eigenvalue weighted by Gasteiger charge is -2.24. The molecule has 2 rings (SSSR count). The van der Waals surface area contributed by atoms with Crippen molar-refractivity contribution in [3.63, 3.8) is 0 Å². The summed E-state index contributed by atoms with van der Waals surface area (Å²) in [4.78, 5) is 10.9. The van der Waals surface area contributed by atoms with E-state index in [0.29, 0.717) is 30.8 Å². The minimum atomic E-state index is -2.94. The molecule has 1 aromatic rings. The van der Waals surface area contributed by atoms with E-state index in [1.54, 1.807) is 18.2 Å². The third kappa shape index (κ3) is 3.84.